The largest absolute Gasteiger partial charge is 0.279 e. The quantitative estimate of drug-likeness (QED) is 0.399. The molecule has 0 spiro atoms. The van der Waals surface area contributed by atoms with Gasteiger partial charge in [0.05, 0.1) is 16.8 Å². The maximum Gasteiger partial charge on any atom is 0.260 e. The van der Waals surface area contributed by atoms with Crippen LogP contribution in [0.25, 0.3) is 10.2 Å². The smallest absolute Gasteiger partial charge is 0.260 e. The zero-order chi connectivity index (χ0) is 20.5. The van der Waals surface area contributed by atoms with Crippen molar-refractivity contribution in [1.82, 2.24) is 9.97 Å². The van der Waals surface area contributed by atoms with Gasteiger partial charge in [0.1, 0.15) is 0 Å². The fourth-order valence-electron chi connectivity index (χ4n) is 3.19. The molecule has 0 saturated carbocycles. The molecule has 29 heavy (non-hydrogen) atoms. The van der Waals surface area contributed by atoms with E-state index in [4.69, 9.17) is 16.6 Å². The van der Waals surface area contributed by atoms with Crippen LogP contribution >= 0.6 is 22.9 Å². The van der Waals surface area contributed by atoms with Crippen LogP contribution in [-0.2, 0) is 6.54 Å². The van der Waals surface area contributed by atoms with Gasteiger partial charge in [-0.25, -0.2) is 4.98 Å². The van der Waals surface area contributed by atoms with Gasteiger partial charge in [-0.1, -0.05) is 29.0 Å². The first kappa shape index (κ1) is 19.6. The number of thiazole rings is 1. The lowest BCUT2D eigenvalue weighted by atomic mass is 10.1. The summed E-state index contributed by atoms with van der Waals surface area (Å²) in [6.07, 6.45) is 3.46. The third-order valence-electron chi connectivity index (χ3n) is 4.96. The molecule has 4 rings (SSSR count). The highest BCUT2D eigenvalue weighted by Crippen LogP contribution is 2.34. The van der Waals surface area contributed by atoms with Crippen LogP contribution in [0, 0.1) is 20.8 Å². The molecule has 0 aliphatic heterocycles. The Labute approximate surface area is 178 Å². The number of anilines is 1. The molecule has 146 valence electrons. The molecule has 2 heterocycles. The van der Waals surface area contributed by atoms with E-state index < -0.39 is 0 Å². The Hall–Kier alpha value is -2.76. The monoisotopic (exact) mass is 421 g/mol. The van der Waals surface area contributed by atoms with Crippen molar-refractivity contribution in [2.45, 2.75) is 27.3 Å². The summed E-state index contributed by atoms with van der Waals surface area (Å²) in [5.41, 5.74) is 5.76. The number of aryl methyl sites for hydroxylation is 3. The number of aromatic nitrogens is 2. The summed E-state index contributed by atoms with van der Waals surface area (Å²) in [5.74, 6) is -0.0762. The Morgan fingerprint density at radius 2 is 1.76 bits per heavy atom. The molecule has 0 saturated heterocycles. The van der Waals surface area contributed by atoms with Gasteiger partial charge in [-0.15, -0.1) is 0 Å². The fourth-order valence-corrected chi connectivity index (χ4v) is 4.60. The van der Waals surface area contributed by atoms with Crippen LogP contribution < -0.4 is 4.90 Å². The van der Waals surface area contributed by atoms with E-state index in [0.717, 1.165) is 32.5 Å². The summed E-state index contributed by atoms with van der Waals surface area (Å²) < 4.78 is 0.970. The predicted octanol–water partition coefficient (Wildman–Crippen LogP) is 6.12. The number of halogens is 1. The number of nitrogens with zero attached hydrogens (tertiary/aromatic N) is 3. The van der Waals surface area contributed by atoms with Crippen molar-refractivity contribution in [3.05, 3.63) is 87.7 Å². The van der Waals surface area contributed by atoms with Gasteiger partial charge >= 0.3 is 0 Å². The van der Waals surface area contributed by atoms with Crippen LogP contribution in [0.4, 0.5) is 5.13 Å². The second-order valence-electron chi connectivity index (χ2n) is 7.11. The first-order chi connectivity index (χ1) is 13.9. The van der Waals surface area contributed by atoms with Crippen molar-refractivity contribution < 1.29 is 4.79 Å². The van der Waals surface area contributed by atoms with Crippen molar-refractivity contribution in [1.29, 1.82) is 0 Å². The van der Waals surface area contributed by atoms with Crippen LogP contribution in [0.5, 0.6) is 0 Å². The SMILES string of the molecule is Cc1ccc(C(=O)N(Cc2ccncc2)c2nc3c(C)cc(Cl)cc3s2)cc1C. The van der Waals surface area contributed by atoms with Gasteiger partial charge in [-0.05, 0) is 79.4 Å². The van der Waals surface area contributed by atoms with Crippen molar-refractivity contribution in [2.75, 3.05) is 4.90 Å². The summed E-state index contributed by atoms with van der Waals surface area (Å²) in [5, 5.41) is 1.33. The Bertz CT molecular complexity index is 1200. The van der Waals surface area contributed by atoms with Crippen LogP contribution in [0.1, 0.15) is 32.6 Å². The molecule has 0 aliphatic carbocycles. The van der Waals surface area contributed by atoms with Gasteiger partial charge in [0, 0.05) is 23.0 Å². The number of pyridine rings is 1. The number of benzene rings is 2. The minimum atomic E-state index is -0.0762. The van der Waals surface area contributed by atoms with Crippen LogP contribution in [0.2, 0.25) is 5.02 Å². The highest BCUT2D eigenvalue weighted by Gasteiger charge is 2.22. The van der Waals surface area contributed by atoms with Gasteiger partial charge in [0.2, 0.25) is 0 Å². The van der Waals surface area contributed by atoms with E-state index in [2.05, 4.69) is 4.98 Å². The number of hydrogen-bond acceptors (Lipinski definition) is 4. The summed E-state index contributed by atoms with van der Waals surface area (Å²) in [6.45, 7) is 6.46. The van der Waals surface area contributed by atoms with Gasteiger partial charge in [-0.3, -0.25) is 14.7 Å². The molecule has 0 N–H and O–H groups in total. The standard InChI is InChI=1S/C23H20ClN3OS/c1-14-4-5-18(10-15(14)2)22(28)27(13-17-6-8-25-9-7-17)23-26-21-16(3)11-19(24)12-20(21)29-23/h4-12H,13H2,1-3H3. The van der Waals surface area contributed by atoms with Gasteiger partial charge in [-0.2, -0.15) is 0 Å². The van der Waals surface area contributed by atoms with E-state index in [1.165, 1.54) is 11.3 Å². The minimum absolute atomic E-state index is 0.0762. The molecular weight excluding hydrogens is 402 g/mol. The highest BCUT2D eigenvalue weighted by atomic mass is 35.5. The van der Waals surface area contributed by atoms with Gasteiger partial charge in [0.15, 0.2) is 5.13 Å². The molecule has 4 nitrogen and oxygen atoms in total. The predicted molar refractivity (Wildman–Crippen MR) is 120 cm³/mol. The lowest BCUT2D eigenvalue weighted by Gasteiger charge is -2.20. The lowest BCUT2D eigenvalue weighted by Crippen LogP contribution is -2.30. The molecule has 4 aromatic rings. The molecule has 0 aliphatic rings. The maximum absolute atomic E-state index is 13.5. The first-order valence-corrected chi connectivity index (χ1v) is 10.5. The molecule has 0 radical (unpaired) electrons. The third kappa shape index (κ3) is 4.02. The highest BCUT2D eigenvalue weighted by molar-refractivity contribution is 7.22. The van der Waals surface area contributed by atoms with E-state index in [-0.39, 0.29) is 5.91 Å². The Kier molecular flexibility index (Phi) is 5.35. The zero-order valence-corrected chi connectivity index (χ0v) is 18.0. The Morgan fingerprint density at radius 1 is 1.00 bits per heavy atom. The molecule has 0 fully saturated rings. The molecular formula is C23H20ClN3OS. The van der Waals surface area contributed by atoms with Gasteiger partial charge < -0.3 is 0 Å². The Balaban J connectivity index is 1.80. The summed E-state index contributed by atoms with van der Waals surface area (Å²) in [4.78, 5) is 24.1. The summed E-state index contributed by atoms with van der Waals surface area (Å²) in [6, 6.07) is 13.4. The van der Waals surface area contributed by atoms with Crippen molar-refractivity contribution in [2.24, 2.45) is 0 Å². The number of carbonyl (C=O) groups is 1. The third-order valence-corrected chi connectivity index (χ3v) is 6.20. The normalized spacial score (nSPS) is 11.0. The maximum atomic E-state index is 13.5. The van der Waals surface area contributed by atoms with Crippen LogP contribution in [0.3, 0.4) is 0 Å². The number of fused-ring (bicyclic) bond motifs is 1. The second-order valence-corrected chi connectivity index (χ2v) is 8.56. The zero-order valence-electron chi connectivity index (χ0n) is 16.4. The average Bonchev–Trinajstić information content (AvgIpc) is 3.12. The second kappa shape index (κ2) is 7.93. The number of hydrogen-bond donors (Lipinski definition) is 0. The molecule has 0 atom stereocenters. The topological polar surface area (TPSA) is 46.1 Å². The Morgan fingerprint density at radius 3 is 2.48 bits per heavy atom. The van der Waals surface area contributed by atoms with Crippen LogP contribution in [0.15, 0.2) is 54.9 Å². The molecule has 0 unspecified atom stereocenters. The summed E-state index contributed by atoms with van der Waals surface area (Å²) in [7, 11) is 0. The van der Waals surface area contributed by atoms with Crippen LogP contribution in [-0.4, -0.2) is 15.9 Å². The molecule has 6 heteroatoms. The minimum Gasteiger partial charge on any atom is -0.279 e. The molecule has 1 amide bonds. The van der Waals surface area contributed by atoms with Gasteiger partial charge in [0.25, 0.3) is 5.91 Å². The van der Waals surface area contributed by atoms with E-state index in [0.29, 0.717) is 22.3 Å². The summed E-state index contributed by atoms with van der Waals surface area (Å²) >= 11 is 7.70. The number of carbonyl (C=O) groups excluding carboxylic acids is 1. The number of rotatable bonds is 4. The molecule has 2 aromatic carbocycles. The molecule has 2 aromatic heterocycles. The first-order valence-electron chi connectivity index (χ1n) is 9.27. The van der Waals surface area contributed by atoms with E-state index in [1.807, 2.05) is 63.2 Å². The van der Waals surface area contributed by atoms with E-state index in [1.54, 1.807) is 17.3 Å². The average molecular weight is 422 g/mol. The lowest BCUT2D eigenvalue weighted by molar-refractivity contribution is 0.0985. The van der Waals surface area contributed by atoms with E-state index in [9.17, 15) is 4.79 Å². The van der Waals surface area contributed by atoms with Crippen molar-refractivity contribution >= 4 is 44.2 Å². The number of amides is 1. The fraction of sp³-hybridized carbons (Fsp3) is 0.174. The van der Waals surface area contributed by atoms with Crippen molar-refractivity contribution in [3.8, 4) is 0 Å². The van der Waals surface area contributed by atoms with Crippen molar-refractivity contribution in [3.63, 3.8) is 0 Å². The van der Waals surface area contributed by atoms with E-state index >= 15 is 0 Å². The molecule has 0 bridgehead atoms.